The first-order chi connectivity index (χ1) is 11.9. The molecule has 0 bridgehead atoms. The molecule has 1 amide bonds. The van der Waals surface area contributed by atoms with Gasteiger partial charge in [-0.15, -0.1) is 0 Å². The molecule has 0 saturated carbocycles. The minimum Gasteiger partial charge on any atom is -0.493 e. The number of fused-ring (bicyclic) bond motifs is 1. The summed E-state index contributed by atoms with van der Waals surface area (Å²) in [6.45, 7) is 9.34. The van der Waals surface area contributed by atoms with Gasteiger partial charge in [-0.05, 0) is 33.0 Å². The summed E-state index contributed by atoms with van der Waals surface area (Å²) in [6.07, 6.45) is 0. The van der Waals surface area contributed by atoms with E-state index in [1.54, 1.807) is 7.11 Å². The van der Waals surface area contributed by atoms with Crippen LogP contribution in [0.1, 0.15) is 13.8 Å². The van der Waals surface area contributed by atoms with Crippen molar-refractivity contribution in [1.82, 2.24) is 14.7 Å². The van der Waals surface area contributed by atoms with Gasteiger partial charge in [0.1, 0.15) is 0 Å². The molecule has 1 aromatic carbocycles. The molecule has 0 aromatic heterocycles. The number of nitrogens with zero attached hydrogens (tertiary/aromatic N) is 3. The SMILES string of the molecule is COc1ccccc1OC(C)(C)C(=O)N1CCN2CCN(C)CC2C1. The second kappa shape index (κ2) is 7.22. The van der Waals surface area contributed by atoms with Gasteiger partial charge in [0.2, 0.25) is 0 Å². The number of carbonyl (C=O) groups excluding carboxylic acids is 1. The smallest absolute Gasteiger partial charge is 0.266 e. The third-order valence-corrected chi connectivity index (χ3v) is 5.13. The Balaban J connectivity index is 1.68. The number of rotatable bonds is 4. The number of methoxy groups -OCH3 is 1. The van der Waals surface area contributed by atoms with Crippen molar-refractivity contribution in [2.45, 2.75) is 25.5 Å². The molecule has 2 heterocycles. The zero-order chi connectivity index (χ0) is 18.0. The van der Waals surface area contributed by atoms with Crippen molar-refractivity contribution in [3.05, 3.63) is 24.3 Å². The van der Waals surface area contributed by atoms with E-state index in [0.717, 1.165) is 39.3 Å². The first kappa shape index (κ1) is 18.0. The Bertz CT molecular complexity index is 620. The number of hydrogen-bond acceptors (Lipinski definition) is 5. The molecule has 0 aliphatic carbocycles. The van der Waals surface area contributed by atoms with Crippen LogP contribution in [-0.2, 0) is 4.79 Å². The van der Waals surface area contributed by atoms with Gasteiger partial charge in [-0.2, -0.15) is 0 Å². The van der Waals surface area contributed by atoms with Gasteiger partial charge < -0.3 is 19.3 Å². The fourth-order valence-electron chi connectivity index (χ4n) is 3.70. The molecule has 6 heteroatoms. The predicted molar refractivity (Wildman–Crippen MR) is 97.1 cm³/mol. The van der Waals surface area contributed by atoms with Gasteiger partial charge in [-0.25, -0.2) is 0 Å². The molecule has 3 rings (SSSR count). The van der Waals surface area contributed by atoms with Crippen LogP contribution in [0.3, 0.4) is 0 Å². The third-order valence-electron chi connectivity index (χ3n) is 5.13. The average molecular weight is 347 g/mol. The van der Waals surface area contributed by atoms with E-state index in [2.05, 4.69) is 16.8 Å². The highest BCUT2D eigenvalue weighted by Crippen LogP contribution is 2.30. The lowest BCUT2D eigenvalue weighted by atomic mass is 10.0. The molecular weight excluding hydrogens is 318 g/mol. The minimum absolute atomic E-state index is 0.0336. The molecule has 138 valence electrons. The van der Waals surface area contributed by atoms with Crippen molar-refractivity contribution in [1.29, 1.82) is 0 Å². The molecule has 1 aromatic rings. The Morgan fingerprint density at radius 3 is 2.48 bits per heavy atom. The highest BCUT2D eigenvalue weighted by Gasteiger charge is 2.39. The summed E-state index contributed by atoms with van der Waals surface area (Å²) in [5, 5.41) is 0. The number of para-hydroxylation sites is 2. The summed E-state index contributed by atoms with van der Waals surface area (Å²) < 4.78 is 11.4. The lowest BCUT2D eigenvalue weighted by Gasteiger charge is -2.47. The van der Waals surface area contributed by atoms with Gasteiger partial charge in [-0.1, -0.05) is 12.1 Å². The van der Waals surface area contributed by atoms with E-state index in [1.165, 1.54) is 0 Å². The van der Waals surface area contributed by atoms with Gasteiger partial charge in [-0.3, -0.25) is 9.69 Å². The van der Waals surface area contributed by atoms with Crippen LogP contribution in [0.25, 0.3) is 0 Å². The maximum absolute atomic E-state index is 13.1. The summed E-state index contributed by atoms with van der Waals surface area (Å²) >= 11 is 0. The van der Waals surface area contributed by atoms with Crippen LogP contribution in [0.5, 0.6) is 11.5 Å². The molecule has 2 aliphatic heterocycles. The van der Waals surface area contributed by atoms with Gasteiger partial charge in [0.15, 0.2) is 17.1 Å². The summed E-state index contributed by atoms with van der Waals surface area (Å²) in [5.41, 5.74) is -0.933. The van der Waals surface area contributed by atoms with Crippen LogP contribution in [0.15, 0.2) is 24.3 Å². The van der Waals surface area contributed by atoms with E-state index in [1.807, 2.05) is 43.0 Å². The van der Waals surface area contributed by atoms with Gasteiger partial charge >= 0.3 is 0 Å². The maximum atomic E-state index is 13.1. The molecule has 1 atom stereocenters. The summed E-state index contributed by atoms with van der Waals surface area (Å²) in [7, 11) is 3.75. The second-order valence-electron chi connectivity index (χ2n) is 7.47. The number of likely N-dealkylation sites (N-methyl/N-ethyl adjacent to an activating group) is 1. The minimum atomic E-state index is -0.933. The van der Waals surface area contributed by atoms with Crippen LogP contribution in [-0.4, -0.2) is 85.7 Å². The molecule has 2 fully saturated rings. The Labute approximate surface area is 150 Å². The maximum Gasteiger partial charge on any atom is 0.266 e. The summed E-state index contributed by atoms with van der Waals surface area (Å²) in [6, 6.07) is 7.86. The fourth-order valence-corrected chi connectivity index (χ4v) is 3.70. The van der Waals surface area contributed by atoms with Crippen LogP contribution in [0, 0.1) is 0 Å². The Hall–Kier alpha value is -1.79. The van der Waals surface area contributed by atoms with E-state index < -0.39 is 5.60 Å². The first-order valence-electron chi connectivity index (χ1n) is 8.94. The van der Waals surface area contributed by atoms with Crippen molar-refractivity contribution in [2.24, 2.45) is 0 Å². The third kappa shape index (κ3) is 3.90. The highest BCUT2D eigenvalue weighted by molar-refractivity contribution is 5.85. The molecule has 25 heavy (non-hydrogen) atoms. The lowest BCUT2D eigenvalue weighted by molar-refractivity contribution is -0.149. The fraction of sp³-hybridized carbons (Fsp3) is 0.632. The Morgan fingerprint density at radius 1 is 1.08 bits per heavy atom. The molecule has 1 unspecified atom stereocenters. The molecule has 0 spiro atoms. The monoisotopic (exact) mass is 347 g/mol. The van der Waals surface area contributed by atoms with E-state index >= 15 is 0 Å². The predicted octanol–water partition coefficient (Wildman–Crippen LogP) is 1.31. The van der Waals surface area contributed by atoms with Crippen molar-refractivity contribution in [3.8, 4) is 11.5 Å². The molecule has 0 N–H and O–H groups in total. The van der Waals surface area contributed by atoms with E-state index in [-0.39, 0.29) is 5.91 Å². The number of carbonyl (C=O) groups is 1. The number of piperazine rings is 2. The van der Waals surface area contributed by atoms with Gasteiger partial charge in [0.05, 0.1) is 7.11 Å². The van der Waals surface area contributed by atoms with Gasteiger partial charge in [0, 0.05) is 45.3 Å². The standard InChI is InChI=1S/C19H29N3O3/c1-19(2,25-17-8-6-5-7-16(17)24-4)18(23)22-12-11-21-10-9-20(3)13-15(21)14-22/h5-8,15H,9-14H2,1-4H3. The van der Waals surface area contributed by atoms with Crippen LogP contribution < -0.4 is 9.47 Å². The number of benzene rings is 1. The topological polar surface area (TPSA) is 45.3 Å². The van der Waals surface area contributed by atoms with Crippen molar-refractivity contribution >= 4 is 5.91 Å². The van der Waals surface area contributed by atoms with Crippen molar-refractivity contribution in [2.75, 3.05) is 53.4 Å². The second-order valence-corrected chi connectivity index (χ2v) is 7.47. The average Bonchev–Trinajstić information content (AvgIpc) is 2.60. The van der Waals surface area contributed by atoms with E-state index in [9.17, 15) is 4.79 Å². The number of hydrogen-bond donors (Lipinski definition) is 0. The number of ether oxygens (including phenoxy) is 2. The summed E-state index contributed by atoms with van der Waals surface area (Å²) in [4.78, 5) is 19.9. The molecule has 6 nitrogen and oxygen atoms in total. The Kier molecular flexibility index (Phi) is 5.20. The molecule has 0 radical (unpaired) electrons. The molecule has 2 saturated heterocycles. The highest BCUT2D eigenvalue weighted by atomic mass is 16.5. The zero-order valence-electron chi connectivity index (χ0n) is 15.7. The van der Waals surface area contributed by atoms with Gasteiger partial charge in [0.25, 0.3) is 5.91 Å². The molecular formula is C19H29N3O3. The van der Waals surface area contributed by atoms with Crippen molar-refractivity contribution < 1.29 is 14.3 Å². The van der Waals surface area contributed by atoms with Crippen molar-refractivity contribution in [3.63, 3.8) is 0 Å². The van der Waals surface area contributed by atoms with E-state index in [0.29, 0.717) is 17.5 Å². The lowest BCUT2D eigenvalue weighted by Crippen LogP contribution is -2.64. The van der Waals surface area contributed by atoms with Crippen LogP contribution in [0.2, 0.25) is 0 Å². The first-order valence-corrected chi connectivity index (χ1v) is 8.94. The number of amides is 1. The quantitative estimate of drug-likeness (QED) is 0.822. The van der Waals surface area contributed by atoms with Crippen LogP contribution in [0.4, 0.5) is 0 Å². The Morgan fingerprint density at radius 2 is 1.76 bits per heavy atom. The van der Waals surface area contributed by atoms with E-state index in [4.69, 9.17) is 9.47 Å². The zero-order valence-corrected chi connectivity index (χ0v) is 15.7. The largest absolute Gasteiger partial charge is 0.493 e. The van der Waals surface area contributed by atoms with Crippen LogP contribution >= 0.6 is 0 Å². The normalized spacial score (nSPS) is 22.4. The molecule has 2 aliphatic rings. The summed E-state index contributed by atoms with van der Waals surface area (Å²) in [5.74, 6) is 1.27.